The Balaban J connectivity index is 1.61. The van der Waals surface area contributed by atoms with Gasteiger partial charge in [-0.05, 0) is 55.2 Å². The van der Waals surface area contributed by atoms with E-state index in [9.17, 15) is 4.79 Å². The average Bonchev–Trinajstić information content (AvgIpc) is 2.97. The number of fused-ring (bicyclic) bond motifs is 1. The van der Waals surface area contributed by atoms with Gasteiger partial charge in [-0.25, -0.2) is 0 Å². The van der Waals surface area contributed by atoms with Gasteiger partial charge in [-0.1, -0.05) is 37.1 Å². The number of hydrogen-bond acceptors (Lipinski definition) is 3. The Hall–Kier alpha value is -2.66. The van der Waals surface area contributed by atoms with Gasteiger partial charge in [-0.3, -0.25) is 4.79 Å². The Morgan fingerprint density at radius 1 is 1.11 bits per heavy atom. The minimum absolute atomic E-state index is 0.143. The molecular weight excluding hydrogens is 372 g/mol. The molecule has 1 amide bonds. The predicted octanol–water partition coefficient (Wildman–Crippen LogP) is 5.14. The fraction of sp³-hybridized carbons (Fsp3) is 0.318. The molecular formula is C22H23ClN4O. The van der Waals surface area contributed by atoms with Crippen LogP contribution in [0.25, 0.3) is 11.4 Å². The molecule has 0 saturated carbocycles. The van der Waals surface area contributed by atoms with E-state index in [0.717, 1.165) is 49.4 Å². The lowest BCUT2D eigenvalue weighted by atomic mass is 10.1. The minimum atomic E-state index is -0.143. The van der Waals surface area contributed by atoms with E-state index in [0.29, 0.717) is 16.3 Å². The van der Waals surface area contributed by atoms with Crippen molar-refractivity contribution in [3.63, 3.8) is 0 Å². The molecule has 4 rings (SSSR count). The molecule has 0 saturated heterocycles. The second-order valence-corrected chi connectivity index (χ2v) is 7.51. The summed E-state index contributed by atoms with van der Waals surface area (Å²) in [5.41, 5.74) is 3.32. The molecule has 0 unspecified atom stereocenters. The highest BCUT2D eigenvalue weighted by Gasteiger charge is 2.18. The monoisotopic (exact) mass is 394 g/mol. The number of anilines is 1. The summed E-state index contributed by atoms with van der Waals surface area (Å²) < 4.78 is 2.16. The van der Waals surface area contributed by atoms with Gasteiger partial charge in [-0.15, -0.1) is 10.2 Å². The van der Waals surface area contributed by atoms with Crippen LogP contribution in [0.1, 0.15) is 47.9 Å². The van der Waals surface area contributed by atoms with Crippen molar-refractivity contribution in [1.29, 1.82) is 0 Å². The number of amides is 1. The molecule has 0 bridgehead atoms. The van der Waals surface area contributed by atoms with Crippen LogP contribution < -0.4 is 5.32 Å². The summed E-state index contributed by atoms with van der Waals surface area (Å²) in [6, 6.07) is 13.1. The van der Waals surface area contributed by atoms with Gasteiger partial charge >= 0.3 is 0 Å². The highest BCUT2D eigenvalue weighted by Crippen LogP contribution is 2.31. The maximum Gasteiger partial charge on any atom is 0.255 e. The van der Waals surface area contributed by atoms with Crippen molar-refractivity contribution < 1.29 is 4.79 Å². The van der Waals surface area contributed by atoms with Gasteiger partial charge in [-0.2, -0.15) is 0 Å². The first-order chi connectivity index (χ1) is 13.7. The lowest BCUT2D eigenvalue weighted by Gasteiger charge is -2.11. The van der Waals surface area contributed by atoms with E-state index in [1.165, 1.54) is 12.0 Å². The summed E-state index contributed by atoms with van der Waals surface area (Å²) in [5.74, 6) is 1.63. The van der Waals surface area contributed by atoms with Crippen LogP contribution in [-0.4, -0.2) is 20.7 Å². The highest BCUT2D eigenvalue weighted by atomic mass is 35.5. The summed E-state index contributed by atoms with van der Waals surface area (Å²) in [6.45, 7) is 2.99. The van der Waals surface area contributed by atoms with Gasteiger partial charge in [0.05, 0.1) is 5.02 Å². The maximum absolute atomic E-state index is 12.6. The van der Waals surface area contributed by atoms with Crippen LogP contribution in [0.3, 0.4) is 0 Å². The normalized spacial score (nSPS) is 13.6. The first kappa shape index (κ1) is 18.7. The van der Waals surface area contributed by atoms with Gasteiger partial charge in [0.15, 0.2) is 5.82 Å². The molecule has 6 heteroatoms. The van der Waals surface area contributed by atoms with Crippen molar-refractivity contribution in [3.8, 4) is 11.4 Å². The van der Waals surface area contributed by atoms with E-state index in [-0.39, 0.29) is 5.91 Å². The highest BCUT2D eigenvalue weighted by molar-refractivity contribution is 6.33. The molecule has 28 heavy (non-hydrogen) atoms. The van der Waals surface area contributed by atoms with Crippen LogP contribution in [0.2, 0.25) is 5.02 Å². The number of nitrogens with one attached hydrogen (secondary N) is 1. The van der Waals surface area contributed by atoms with Crippen LogP contribution in [0.4, 0.5) is 5.69 Å². The number of benzene rings is 2. The second-order valence-electron chi connectivity index (χ2n) is 7.10. The van der Waals surface area contributed by atoms with Crippen LogP contribution in [0.5, 0.6) is 0 Å². The number of halogens is 1. The van der Waals surface area contributed by atoms with Crippen molar-refractivity contribution >= 4 is 23.2 Å². The average molecular weight is 395 g/mol. The molecule has 0 radical (unpaired) electrons. The molecule has 2 heterocycles. The predicted molar refractivity (Wildman–Crippen MR) is 112 cm³/mol. The standard InChI is InChI=1S/C22H23ClN4O/c1-2-15-7-9-16(10-8-15)22(28)24-17-11-12-19(23)18(14-17)21-26-25-20-6-4-3-5-13-27(20)21/h7-12,14H,2-6,13H2,1H3,(H,24,28). The van der Waals surface area contributed by atoms with Gasteiger partial charge in [0, 0.05) is 29.8 Å². The van der Waals surface area contributed by atoms with E-state index >= 15 is 0 Å². The summed E-state index contributed by atoms with van der Waals surface area (Å²) in [6.07, 6.45) is 5.34. The summed E-state index contributed by atoms with van der Waals surface area (Å²) >= 11 is 6.46. The quantitative estimate of drug-likeness (QED) is 0.666. The zero-order valence-electron chi connectivity index (χ0n) is 15.9. The van der Waals surface area contributed by atoms with E-state index in [1.807, 2.05) is 36.4 Å². The van der Waals surface area contributed by atoms with E-state index in [4.69, 9.17) is 11.6 Å². The van der Waals surface area contributed by atoms with Crippen molar-refractivity contribution in [2.75, 3.05) is 5.32 Å². The summed E-state index contributed by atoms with van der Waals surface area (Å²) in [4.78, 5) is 12.6. The largest absolute Gasteiger partial charge is 0.322 e. The molecule has 1 aliphatic rings. The van der Waals surface area contributed by atoms with Gasteiger partial charge < -0.3 is 9.88 Å². The van der Waals surface area contributed by atoms with Crippen molar-refractivity contribution in [2.24, 2.45) is 0 Å². The van der Waals surface area contributed by atoms with E-state index in [1.54, 1.807) is 6.07 Å². The fourth-order valence-electron chi connectivity index (χ4n) is 3.55. The first-order valence-electron chi connectivity index (χ1n) is 9.78. The molecule has 0 atom stereocenters. The number of aryl methyl sites for hydroxylation is 2. The zero-order chi connectivity index (χ0) is 19.5. The van der Waals surface area contributed by atoms with E-state index in [2.05, 4.69) is 27.0 Å². The molecule has 1 N–H and O–H groups in total. The molecule has 144 valence electrons. The number of hydrogen-bond donors (Lipinski definition) is 1. The lowest BCUT2D eigenvalue weighted by molar-refractivity contribution is 0.102. The third-order valence-corrected chi connectivity index (χ3v) is 5.53. The van der Waals surface area contributed by atoms with Gasteiger partial charge in [0.25, 0.3) is 5.91 Å². The van der Waals surface area contributed by atoms with Gasteiger partial charge in [0.2, 0.25) is 0 Å². The topological polar surface area (TPSA) is 59.8 Å². The molecule has 1 aliphatic heterocycles. The third-order valence-electron chi connectivity index (χ3n) is 5.20. The molecule has 3 aromatic rings. The first-order valence-corrected chi connectivity index (χ1v) is 10.2. The second kappa shape index (κ2) is 8.15. The van der Waals surface area contributed by atoms with Gasteiger partial charge in [0.1, 0.15) is 5.82 Å². The molecule has 0 fully saturated rings. The number of carbonyl (C=O) groups excluding carboxylic acids is 1. The SMILES string of the molecule is CCc1ccc(C(=O)Nc2ccc(Cl)c(-c3nnc4n3CCCCC4)c2)cc1. The Kier molecular flexibility index (Phi) is 5.44. The Labute approximate surface area is 169 Å². The molecule has 5 nitrogen and oxygen atoms in total. The molecule has 1 aromatic heterocycles. The fourth-order valence-corrected chi connectivity index (χ4v) is 3.76. The smallest absolute Gasteiger partial charge is 0.255 e. The Morgan fingerprint density at radius 3 is 2.71 bits per heavy atom. The van der Waals surface area contributed by atoms with Crippen molar-refractivity contribution in [2.45, 2.75) is 45.6 Å². The molecule has 2 aromatic carbocycles. The Morgan fingerprint density at radius 2 is 1.93 bits per heavy atom. The number of rotatable bonds is 4. The van der Waals surface area contributed by atoms with Crippen LogP contribution in [0, 0.1) is 0 Å². The van der Waals surface area contributed by atoms with Crippen LogP contribution >= 0.6 is 11.6 Å². The molecule has 0 spiro atoms. The van der Waals surface area contributed by atoms with Crippen LogP contribution in [0.15, 0.2) is 42.5 Å². The van der Waals surface area contributed by atoms with Crippen molar-refractivity contribution in [1.82, 2.24) is 14.8 Å². The summed E-state index contributed by atoms with van der Waals surface area (Å²) in [5, 5.41) is 12.3. The number of nitrogens with zero attached hydrogens (tertiary/aromatic N) is 3. The summed E-state index contributed by atoms with van der Waals surface area (Å²) in [7, 11) is 0. The number of carbonyl (C=O) groups is 1. The maximum atomic E-state index is 12.6. The Bertz CT molecular complexity index is 994. The number of aromatic nitrogens is 3. The van der Waals surface area contributed by atoms with Crippen LogP contribution in [-0.2, 0) is 19.4 Å². The minimum Gasteiger partial charge on any atom is -0.322 e. The van der Waals surface area contributed by atoms with Crippen molar-refractivity contribution in [3.05, 3.63) is 64.4 Å². The zero-order valence-corrected chi connectivity index (χ0v) is 16.7. The van der Waals surface area contributed by atoms with E-state index < -0.39 is 0 Å². The molecule has 0 aliphatic carbocycles. The lowest BCUT2D eigenvalue weighted by Crippen LogP contribution is -2.12. The third kappa shape index (κ3) is 3.80.